The highest BCUT2D eigenvalue weighted by molar-refractivity contribution is 7.16. The summed E-state index contributed by atoms with van der Waals surface area (Å²) in [5.41, 5.74) is 0.832. The van der Waals surface area contributed by atoms with E-state index in [1.165, 1.54) is 11.3 Å². The summed E-state index contributed by atoms with van der Waals surface area (Å²) in [6.45, 7) is 1.85. The van der Waals surface area contributed by atoms with E-state index in [2.05, 4.69) is 0 Å². The van der Waals surface area contributed by atoms with Crippen LogP contribution in [0.3, 0.4) is 0 Å². The van der Waals surface area contributed by atoms with E-state index in [4.69, 9.17) is 0 Å². The fraction of sp³-hybridized carbons (Fsp3) is 0.100. The summed E-state index contributed by atoms with van der Waals surface area (Å²) in [5, 5.41) is 1.15. The Labute approximate surface area is 74.3 Å². The topological polar surface area (TPSA) is 17.1 Å². The van der Waals surface area contributed by atoms with Crippen LogP contribution >= 0.6 is 11.3 Å². The van der Waals surface area contributed by atoms with Crippen molar-refractivity contribution in [2.45, 2.75) is 6.92 Å². The van der Waals surface area contributed by atoms with Gasteiger partial charge >= 0.3 is 0 Å². The van der Waals surface area contributed by atoms with E-state index in [-0.39, 0.29) is 4.74 Å². The minimum atomic E-state index is 0.161. The predicted octanol–water partition coefficient (Wildman–Crippen LogP) is 2.57. The van der Waals surface area contributed by atoms with E-state index in [1.54, 1.807) is 0 Å². The number of aryl methyl sites for hydroxylation is 1. The van der Waals surface area contributed by atoms with E-state index in [1.807, 2.05) is 37.3 Å². The Morgan fingerprint density at radius 2 is 2.00 bits per heavy atom. The van der Waals surface area contributed by atoms with Crippen LogP contribution in [-0.4, -0.2) is 0 Å². The molecule has 0 N–H and O–H groups in total. The van der Waals surface area contributed by atoms with Crippen molar-refractivity contribution >= 4 is 21.4 Å². The van der Waals surface area contributed by atoms with Crippen LogP contribution in [0.5, 0.6) is 0 Å². The molecule has 0 fully saturated rings. The molecule has 60 valence electrons. The first kappa shape index (κ1) is 7.50. The number of hydrogen-bond acceptors (Lipinski definition) is 2. The molecule has 1 heterocycles. The largest absolute Gasteiger partial charge is 0.278 e. The quantitative estimate of drug-likeness (QED) is 0.603. The maximum absolute atomic E-state index is 11.3. The summed E-state index contributed by atoms with van der Waals surface area (Å²) < 4.78 is 1.22. The monoisotopic (exact) mass is 176 g/mol. The molecule has 2 aromatic rings. The lowest BCUT2D eigenvalue weighted by molar-refractivity contribution is 1.49. The fourth-order valence-electron chi connectivity index (χ4n) is 1.17. The molecule has 2 heteroatoms. The molecule has 1 aromatic carbocycles. The predicted molar refractivity (Wildman–Crippen MR) is 52.8 cm³/mol. The maximum Gasteiger partial charge on any atom is 0.235 e. The molecule has 1 aromatic heterocycles. The van der Waals surface area contributed by atoms with Crippen molar-refractivity contribution < 1.29 is 0 Å². The molecule has 0 atom stereocenters. The van der Waals surface area contributed by atoms with Gasteiger partial charge in [-0.1, -0.05) is 29.5 Å². The van der Waals surface area contributed by atoms with Gasteiger partial charge in [0.1, 0.15) is 0 Å². The minimum absolute atomic E-state index is 0.161. The zero-order valence-electron chi connectivity index (χ0n) is 6.70. The van der Waals surface area contributed by atoms with Crippen LogP contribution in [0.1, 0.15) is 5.56 Å². The summed E-state index contributed by atoms with van der Waals surface area (Å²) in [4.78, 5) is 11.3. The highest BCUT2D eigenvalue weighted by Crippen LogP contribution is 2.15. The van der Waals surface area contributed by atoms with Gasteiger partial charge in [-0.2, -0.15) is 0 Å². The Kier molecular flexibility index (Phi) is 1.70. The zero-order chi connectivity index (χ0) is 8.55. The second-order valence-electron chi connectivity index (χ2n) is 2.75. The van der Waals surface area contributed by atoms with Crippen molar-refractivity contribution in [2.24, 2.45) is 0 Å². The number of hydrogen-bond donors (Lipinski definition) is 0. The molecule has 0 saturated carbocycles. The van der Waals surface area contributed by atoms with Gasteiger partial charge in [-0.3, -0.25) is 4.79 Å². The van der Waals surface area contributed by atoms with E-state index in [0.29, 0.717) is 0 Å². The smallest absolute Gasteiger partial charge is 0.235 e. The van der Waals surface area contributed by atoms with Gasteiger partial charge in [0, 0.05) is 10.3 Å². The average Bonchev–Trinajstić information content (AvgIpc) is 2.07. The first-order valence-electron chi connectivity index (χ1n) is 3.77. The maximum atomic E-state index is 11.3. The lowest BCUT2D eigenvalue weighted by Gasteiger charge is -1.95. The van der Waals surface area contributed by atoms with E-state index in [9.17, 15) is 4.79 Å². The van der Waals surface area contributed by atoms with Gasteiger partial charge in [0.2, 0.25) is 4.74 Å². The molecule has 0 saturated heterocycles. The van der Waals surface area contributed by atoms with Gasteiger partial charge in [-0.15, -0.1) is 0 Å². The lowest BCUT2D eigenvalue weighted by atomic mass is 10.2. The highest BCUT2D eigenvalue weighted by Gasteiger charge is 1.96. The minimum Gasteiger partial charge on any atom is -0.278 e. The standard InChI is InChI=1S/C10H8OS/c1-7-6-8-4-2-3-5-9(8)12-10(7)11/h2-6H,1H3. The summed E-state index contributed by atoms with van der Waals surface area (Å²) >= 11 is 1.31. The molecule has 0 bridgehead atoms. The van der Waals surface area contributed by atoms with Crippen LogP contribution in [0.25, 0.3) is 10.1 Å². The van der Waals surface area contributed by atoms with Crippen LogP contribution in [0.2, 0.25) is 0 Å². The second-order valence-corrected chi connectivity index (χ2v) is 3.77. The third-order valence-corrected chi connectivity index (χ3v) is 2.91. The zero-order valence-corrected chi connectivity index (χ0v) is 7.52. The highest BCUT2D eigenvalue weighted by atomic mass is 32.1. The first-order valence-corrected chi connectivity index (χ1v) is 4.58. The molecule has 0 amide bonds. The van der Waals surface area contributed by atoms with Crippen LogP contribution in [0.15, 0.2) is 35.1 Å². The molecule has 1 nitrogen and oxygen atoms in total. The summed E-state index contributed by atoms with van der Waals surface area (Å²) in [6.07, 6.45) is 0. The fourth-order valence-corrected chi connectivity index (χ4v) is 1.98. The van der Waals surface area contributed by atoms with Crippen LogP contribution in [0.4, 0.5) is 0 Å². The number of rotatable bonds is 0. The SMILES string of the molecule is Cc1cc2ccccc2sc1=O. The van der Waals surface area contributed by atoms with Crippen LogP contribution in [-0.2, 0) is 0 Å². The molecule has 12 heavy (non-hydrogen) atoms. The van der Waals surface area contributed by atoms with Crippen molar-refractivity contribution in [1.29, 1.82) is 0 Å². The molecule has 0 aliphatic rings. The molecule has 0 radical (unpaired) electrons. The Hall–Kier alpha value is -1.15. The Morgan fingerprint density at radius 3 is 2.83 bits per heavy atom. The third-order valence-electron chi connectivity index (χ3n) is 1.82. The van der Waals surface area contributed by atoms with Gasteiger partial charge in [0.15, 0.2) is 0 Å². The summed E-state index contributed by atoms with van der Waals surface area (Å²) in [6, 6.07) is 9.87. The van der Waals surface area contributed by atoms with Crippen molar-refractivity contribution in [3.05, 3.63) is 45.4 Å². The van der Waals surface area contributed by atoms with Crippen molar-refractivity contribution in [1.82, 2.24) is 0 Å². The molecule has 0 aliphatic carbocycles. The van der Waals surface area contributed by atoms with Gasteiger partial charge in [0.05, 0.1) is 0 Å². The van der Waals surface area contributed by atoms with E-state index < -0.39 is 0 Å². The first-order chi connectivity index (χ1) is 5.77. The third kappa shape index (κ3) is 1.14. The molecule has 2 rings (SSSR count). The number of fused-ring (bicyclic) bond motifs is 1. The number of benzene rings is 1. The summed E-state index contributed by atoms with van der Waals surface area (Å²) in [7, 11) is 0. The van der Waals surface area contributed by atoms with Gasteiger partial charge < -0.3 is 0 Å². The van der Waals surface area contributed by atoms with Crippen molar-refractivity contribution in [3.8, 4) is 0 Å². The molecular formula is C10H8OS. The van der Waals surface area contributed by atoms with Gasteiger partial charge in [-0.05, 0) is 24.4 Å². The Bertz CT molecular complexity index is 470. The van der Waals surface area contributed by atoms with Crippen molar-refractivity contribution in [3.63, 3.8) is 0 Å². The molecular weight excluding hydrogens is 168 g/mol. The van der Waals surface area contributed by atoms with E-state index in [0.717, 1.165) is 15.6 Å². The molecule has 0 unspecified atom stereocenters. The lowest BCUT2D eigenvalue weighted by Crippen LogP contribution is -1.97. The molecule has 0 aliphatic heterocycles. The van der Waals surface area contributed by atoms with Gasteiger partial charge in [0.25, 0.3) is 0 Å². The van der Waals surface area contributed by atoms with Crippen molar-refractivity contribution in [2.75, 3.05) is 0 Å². The second kappa shape index (κ2) is 2.72. The van der Waals surface area contributed by atoms with Crippen LogP contribution in [0, 0.1) is 6.92 Å². The average molecular weight is 176 g/mol. The van der Waals surface area contributed by atoms with E-state index >= 15 is 0 Å². The van der Waals surface area contributed by atoms with Gasteiger partial charge in [-0.25, -0.2) is 0 Å². The Balaban J connectivity index is 2.93. The molecule has 0 spiro atoms. The Morgan fingerprint density at radius 1 is 1.25 bits per heavy atom. The van der Waals surface area contributed by atoms with Crippen LogP contribution < -0.4 is 4.74 Å². The summed E-state index contributed by atoms with van der Waals surface area (Å²) in [5.74, 6) is 0. The normalized spacial score (nSPS) is 10.4.